The highest BCUT2D eigenvalue weighted by Gasteiger charge is 2.30. The van der Waals surface area contributed by atoms with Crippen molar-refractivity contribution in [1.82, 2.24) is 15.1 Å². The van der Waals surface area contributed by atoms with Gasteiger partial charge in [0.05, 0.1) is 13.3 Å². The smallest absolute Gasteiger partial charge is 0.247 e. The molecular formula is C21H22BrN3O2. The van der Waals surface area contributed by atoms with Gasteiger partial charge >= 0.3 is 0 Å². The standard InChI is InChI=1S/C21H22BrN3O2/c1-21(2,20(26)23-12-15-8-4-6-10-18(15)22)25-14-16(13-24-25)17-9-5-7-11-19(17)27-3/h4-11,13-14H,12H2,1-3H3,(H,23,26). The Morgan fingerprint density at radius 1 is 1.19 bits per heavy atom. The summed E-state index contributed by atoms with van der Waals surface area (Å²) in [5.74, 6) is 0.668. The molecule has 1 heterocycles. The van der Waals surface area contributed by atoms with E-state index >= 15 is 0 Å². The maximum absolute atomic E-state index is 12.8. The van der Waals surface area contributed by atoms with Crippen molar-refractivity contribution >= 4 is 21.8 Å². The number of carbonyl (C=O) groups excluding carboxylic acids is 1. The Hall–Kier alpha value is -2.60. The molecule has 3 aromatic rings. The zero-order valence-corrected chi connectivity index (χ0v) is 17.2. The average molecular weight is 428 g/mol. The molecule has 5 nitrogen and oxygen atoms in total. The highest BCUT2D eigenvalue weighted by atomic mass is 79.9. The van der Waals surface area contributed by atoms with Crippen LogP contribution in [0.4, 0.5) is 0 Å². The second-order valence-electron chi connectivity index (χ2n) is 6.71. The topological polar surface area (TPSA) is 56.2 Å². The van der Waals surface area contributed by atoms with E-state index in [9.17, 15) is 4.79 Å². The van der Waals surface area contributed by atoms with Gasteiger partial charge < -0.3 is 10.1 Å². The largest absolute Gasteiger partial charge is 0.496 e. The van der Waals surface area contributed by atoms with Crippen molar-refractivity contribution in [2.45, 2.75) is 25.9 Å². The summed E-state index contributed by atoms with van der Waals surface area (Å²) in [6, 6.07) is 15.6. The Labute approximate surface area is 167 Å². The van der Waals surface area contributed by atoms with Crippen molar-refractivity contribution in [3.05, 3.63) is 71.0 Å². The third-order valence-electron chi connectivity index (χ3n) is 4.53. The Morgan fingerprint density at radius 2 is 1.89 bits per heavy atom. The SMILES string of the molecule is COc1ccccc1-c1cnn(C(C)(C)C(=O)NCc2ccccc2Br)c1. The second-order valence-corrected chi connectivity index (χ2v) is 7.56. The molecule has 0 atom stereocenters. The Balaban J connectivity index is 1.78. The summed E-state index contributed by atoms with van der Waals surface area (Å²) in [5, 5.41) is 7.42. The monoisotopic (exact) mass is 427 g/mol. The zero-order chi connectivity index (χ0) is 19.4. The van der Waals surface area contributed by atoms with Gasteiger partial charge in [0, 0.05) is 28.3 Å². The molecule has 0 aliphatic carbocycles. The number of aromatic nitrogens is 2. The van der Waals surface area contributed by atoms with E-state index in [1.54, 1.807) is 18.0 Å². The molecule has 1 amide bonds. The first-order chi connectivity index (χ1) is 12.9. The number of nitrogens with zero attached hydrogens (tertiary/aromatic N) is 2. The highest BCUT2D eigenvalue weighted by molar-refractivity contribution is 9.10. The maximum atomic E-state index is 12.8. The lowest BCUT2D eigenvalue weighted by atomic mass is 10.0. The molecule has 140 valence electrons. The molecule has 0 radical (unpaired) electrons. The van der Waals surface area contributed by atoms with Crippen LogP contribution < -0.4 is 10.1 Å². The van der Waals surface area contributed by atoms with Gasteiger partial charge in [-0.3, -0.25) is 9.48 Å². The van der Waals surface area contributed by atoms with Gasteiger partial charge in [-0.05, 0) is 31.5 Å². The van der Waals surface area contributed by atoms with Crippen LogP contribution in [0.3, 0.4) is 0 Å². The van der Waals surface area contributed by atoms with E-state index in [1.165, 1.54) is 0 Å². The number of nitrogens with one attached hydrogen (secondary N) is 1. The predicted octanol–water partition coefficient (Wildman–Crippen LogP) is 4.37. The number of halogens is 1. The van der Waals surface area contributed by atoms with Crippen LogP contribution >= 0.6 is 15.9 Å². The van der Waals surface area contributed by atoms with E-state index in [0.29, 0.717) is 6.54 Å². The lowest BCUT2D eigenvalue weighted by molar-refractivity contribution is -0.129. The normalized spacial score (nSPS) is 11.3. The summed E-state index contributed by atoms with van der Waals surface area (Å²) in [6.07, 6.45) is 3.62. The predicted molar refractivity (Wildman–Crippen MR) is 110 cm³/mol. The van der Waals surface area contributed by atoms with Crippen LogP contribution in [0.15, 0.2) is 65.4 Å². The number of amides is 1. The van der Waals surface area contributed by atoms with Gasteiger partial charge in [0.15, 0.2) is 0 Å². The Kier molecular flexibility index (Phi) is 5.65. The zero-order valence-electron chi connectivity index (χ0n) is 15.6. The minimum atomic E-state index is -0.832. The molecule has 27 heavy (non-hydrogen) atoms. The fourth-order valence-electron chi connectivity index (χ4n) is 2.79. The minimum absolute atomic E-state index is 0.104. The Bertz CT molecular complexity index is 950. The average Bonchev–Trinajstić information content (AvgIpc) is 3.18. The van der Waals surface area contributed by atoms with E-state index in [1.807, 2.05) is 68.6 Å². The van der Waals surface area contributed by atoms with Crippen LogP contribution in [0.25, 0.3) is 11.1 Å². The van der Waals surface area contributed by atoms with Crippen molar-refractivity contribution < 1.29 is 9.53 Å². The van der Waals surface area contributed by atoms with E-state index in [0.717, 1.165) is 26.9 Å². The summed E-state index contributed by atoms with van der Waals surface area (Å²) in [7, 11) is 1.64. The van der Waals surface area contributed by atoms with Crippen molar-refractivity contribution in [2.24, 2.45) is 0 Å². The molecule has 0 bridgehead atoms. The van der Waals surface area contributed by atoms with Crippen LogP contribution in [-0.2, 0) is 16.9 Å². The lowest BCUT2D eigenvalue weighted by Crippen LogP contribution is -2.44. The summed E-state index contributed by atoms with van der Waals surface area (Å²) < 4.78 is 8.08. The number of benzene rings is 2. The number of ether oxygens (including phenoxy) is 1. The van der Waals surface area contributed by atoms with E-state index in [-0.39, 0.29) is 5.91 Å². The molecule has 0 aliphatic rings. The number of para-hydroxylation sites is 1. The number of carbonyl (C=O) groups is 1. The fourth-order valence-corrected chi connectivity index (χ4v) is 3.21. The number of hydrogen-bond donors (Lipinski definition) is 1. The third-order valence-corrected chi connectivity index (χ3v) is 5.30. The molecule has 1 N–H and O–H groups in total. The Morgan fingerprint density at radius 3 is 2.63 bits per heavy atom. The van der Waals surface area contributed by atoms with Gasteiger partial charge in [0.25, 0.3) is 0 Å². The summed E-state index contributed by atoms with van der Waals surface area (Å²) in [5.41, 5.74) is 2.04. The first-order valence-electron chi connectivity index (χ1n) is 8.63. The van der Waals surface area contributed by atoms with Gasteiger partial charge in [-0.1, -0.05) is 52.3 Å². The van der Waals surface area contributed by atoms with Crippen LogP contribution in [0, 0.1) is 0 Å². The first-order valence-corrected chi connectivity index (χ1v) is 9.43. The van der Waals surface area contributed by atoms with Crippen molar-refractivity contribution in [1.29, 1.82) is 0 Å². The molecule has 6 heteroatoms. The van der Waals surface area contributed by atoms with Crippen molar-refractivity contribution in [3.63, 3.8) is 0 Å². The van der Waals surface area contributed by atoms with Crippen molar-refractivity contribution in [2.75, 3.05) is 7.11 Å². The van der Waals surface area contributed by atoms with Gasteiger partial charge in [-0.2, -0.15) is 5.10 Å². The molecule has 0 spiro atoms. The molecule has 3 rings (SSSR count). The fraction of sp³-hybridized carbons (Fsp3) is 0.238. The quantitative estimate of drug-likeness (QED) is 0.635. The molecule has 0 fully saturated rings. The van der Waals surface area contributed by atoms with E-state index in [4.69, 9.17) is 4.74 Å². The molecular weight excluding hydrogens is 406 g/mol. The third kappa shape index (κ3) is 4.06. The molecule has 2 aromatic carbocycles. The van der Waals surface area contributed by atoms with E-state index in [2.05, 4.69) is 26.3 Å². The van der Waals surface area contributed by atoms with E-state index < -0.39 is 5.54 Å². The molecule has 1 aromatic heterocycles. The highest BCUT2D eigenvalue weighted by Crippen LogP contribution is 2.30. The van der Waals surface area contributed by atoms with Crippen LogP contribution in [0.5, 0.6) is 5.75 Å². The lowest BCUT2D eigenvalue weighted by Gasteiger charge is -2.24. The van der Waals surface area contributed by atoms with Crippen LogP contribution in [0.2, 0.25) is 0 Å². The molecule has 0 saturated heterocycles. The number of hydrogen-bond acceptors (Lipinski definition) is 3. The van der Waals surface area contributed by atoms with Gasteiger partial charge in [0.1, 0.15) is 11.3 Å². The molecule has 0 aliphatic heterocycles. The van der Waals surface area contributed by atoms with Crippen molar-refractivity contribution in [3.8, 4) is 16.9 Å². The maximum Gasteiger partial charge on any atom is 0.247 e. The van der Waals surface area contributed by atoms with Gasteiger partial charge in [0.2, 0.25) is 5.91 Å². The van der Waals surface area contributed by atoms with Gasteiger partial charge in [-0.25, -0.2) is 0 Å². The summed E-state index contributed by atoms with van der Waals surface area (Å²) >= 11 is 3.50. The minimum Gasteiger partial charge on any atom is -0.496 e. The van der Waals surface area contributed by atoms with Crippen LogP contribution in [-0.4, -0.2) is 22.8 Å². The first kappa shape index (κ1) is 19.2. The number of rotatable bonds is 6. The molecule has 0 saturated carbocycles. The number of methoxy groups -OCH3 is 1. The summed E-state index contributed by atoms with van der Waals surface area (Å²) in [4.78, 5) is 12.8. The van der Waals surface area contributed by atoms with Gasteiger partial charge in [-0.15, -0.1) is 0 Å². The summed E-state index contributed by atoms with van der Waals surface area (Å²) in [6.45, 7) is 4.15. The molecule has 0 unspecified atom stereocenters. The van der Waals surface area contributed by atoms with Crippen LogP contribution in [0.1, 0.15) is 19.4 Å². The second kappa shape index (κ2) is 7.96.